The van der Waals surface area contributed by atoms with Crippen LogP contribution in [-0.2, 0) is 11.0 Å². The molecule has 0 fully saturated rings. The fourth-order valence-electron chi connectivity index (χ4n) is 1.75. The van der Waals surface area contributed by atoms with Crippen molar-refractivity contribution in [2.24, 2.45) is 0 Å². The Morgan fingerprint density at radius 1 is 1.14 bits per heavy atom. The molecule has 0 aromatic heterocycles. The lowest BCUT2D eigenvalue weighted by atomic mass is 10.2. The zero-order valence-electron chi connectivity index (χ0n) is 11.8. The maximum absolute atomic E-state index is 12.6. The van der Waals surface area contributed by atoms with E-state index in [9.17, 15) is 18.0 Å². The molecule has 6 heteroatoms. The molecule has 1 amide bonds. The number of hydrogen-bond donors (Lipinski definition) is 1. The molecule has 0 spiro atoms. The number of nitrogens with one attached hydrogen (secondary N) is 1. The smallest absolute Gasteiger partial charge is 0.416 e. The molecular weight excluding hydrogens is 295 g/mol. The van der Waals surface area contributed by atoms with Crippen LogP contribution in [0.15, 0.2) is 48.5 Å². The molecule has 0 radical (unpaired) electrons. The predicted molar refractivity (Wildman–Crippen MR) is 76.7 cm³/mol. The molecule has 1 N–H and O–H groups in total. The number of rotatable bonds is 4. The van der Waals surface area contributed by atoms with Gasteiger partial charge in [-0.25, -0.2) is 0 Å². The number of aryl methyl sites for hydroxylation is 1. The minimum atomic E-state index is -4.45. The lowest BCUT2D eigenvalue weighted by molar-refractivity contribution is -0.137. The van der Waals surface area contributed by atoms with Crippen LogP contribution in [0.1, 0.15) is 11.1 Å². The van der Waals surface area contributed by atoms with Crippen molar-refractivity contribution in [1.82, 2.24) is 0 Å². The number of halogens is 3. The second-order valence-electron chi connectivity index (χ2n) is 4.73. The molecule has 2 aromatic rings. The molecular formula is C16H14F3NO2. The quantitative estimate of drug-likeness (QED) is 0.926. The number of ether oxygens (including phenoxy) is 1. The minimum Gasteiger partial charge on any atom is -0.484 e. The van der Waals surface area contributed by atoms with Crippen molar-refractivity contribution in [1.29, 1.82) is 0 Å². The van der Waals surface area contributed by atoms with Crippen LogP contribution in [0.2, 0.25) is 0 Å². The average Bonchev–Trinajstić information content (AvgIpc) is 2.46. The highest BCUT2D eigenvalue weighted by atomic mass is 19.4. The number of carbonyl (C=O) groups is 1. The summed E-state index contributed by atoms with van der Waals surface area (Å²) in [7, 11) is 0. The molecule has 0 saturated heterocycles. The van der Waals surface area contributed by atoms with E-state index >= 15 is 0 Å². The van der Waals surface area contributed by atoms with Crippen LogP contribution in [0.4, 0.5) is 18.9 Å². The summed E-state index contributed by atoms with van der Waals surface area (Å²) in [5.74, 6) is -0.00954. The standard InChI is InChI=1S/C16H14F3NO2/c1-11-5-7-14(8-6-11)22-10-15(21)20-13-4-2-3-12(9-13)16(17,18)19/h2-9H,10H2,1H3,(H,20,21). The minimum absolute atomic E-state index is 0.0762. The third-order valence-corrected chi connectivity index (χ3v) is 2.86. The van der Waals surface area contributed by atoms with E-state index in [2.05, 4.69) is 5.32 Å². The monoisotopic (exact) mass is 309 g/mol. The predicted octanol–water partition coefficient (Wildman–Crippen LogP) is 4.03. The van der Waals surface area contributed by atoms with Gasteiger partial charge in [-0.05, 0) is 37.3 Å². The number of alkyl halides is 3. The fourth-order valence-corrected chi connectivity index (χ4v) is 1.75. The summed E-state index contributed by atoms with van der Waals surface area (Å²) in [6, 6.07) is 11.5. The van der Waals surface area contributed by atoms with E-state index in [0.29, 0.717) is 5.75 Å². The van der Waals surface area contributed by atoms with Gasteiger partial charge in [-0.3, -0.25) is 4.79 Å². The zero-order chi connectivity index (χ0) is 16.2. The van der Waals surface area contributed by atoms with Gasteiger partial charge in [-0.1, -0.05) is 23.8 Å². The van der Waals surface area contributed by atoms with Gasteiger partial charge in [0.15, 0.2) is 6.61 Å². The van der Waals surface area contributed by atoms with Crippen LogP contribution in [0.5, 0.6) is 5.75 Å². The summed E-state index contributed by atoms with van der Waals surface area (Å²) in [6.07, 6.45) is -4.45. The van der Waals surface area contributed by atoms with Crippen LogP contribution in [0.25, 0.3) is 0 Å². The van der Waals surface area contributed by atoms with Crippen molar-refractivity contribution >= 4 is 11.6 Å². The number of amides is 1. The summed E-state index contributed by atoms with van der Waals surface area (Å²) < 4.78 is 43.0. The Balaban J connectivity index is 1.93. The molecule has 2 rings (SSSR count). The van der Waals surface area contributed by atoms with Gasteiger partial charge in [-0.15, -0.1) is 0 Å². The van der Waals surface area contributed by atoms with E-state index in [1.165, 1.54) is 12.1 Å². The Morgan fingerprint density at radius 2 is 1.82 bits per heavy atom. The van der Waals surface area contributed by atoms with Crippen LogP contribution < -0.4 is 10.1 Å². The highest BCUT2D eigenvalue weighted by Gasteiger charge is 2.30. The molecule has 0 atom stereocenters. The Morgan fingerprint density at radius 3 is 2.45 bits per heavy atom. The van der Waals surface area contributed by atoms with Gasteiger partial charge >= 0.3 is 6.18 Å². The molecule has 0 aliphatic carbocycles. The van der Waals surface area contributed by atoms with Gasteiger partial charge in [-0.2, -0.15) is 13.2 Å². The third-order valence-electron chi connectivity index (χ3n) is 2.86. The summed E-state index contributed by atoms with van der Waals surface area (Å²) in [6.45, 7) is 1.64. The van der Waals surface area contributed by atoms with Crippen LogP contribution in [0, 0.1) is 6.92 Å². The summed E-state index contributed by atoms with van der Waals surface area (Å²) in [4.78, 5) is 11.7. The SMILES string of the molecule is Cc1ccc(OCC(=O)Nc2cccc(C(F)(F)F)c2)cc1. The molecule has 116 valence electrons. The molecule has 0 unspecified atom stereocenters. The largest absolute Gasteiger partial charge is 0.484 e. The Labute approximate surface area is 125 Å². The van der Waals surface area contributed by atoms with Gasteiger partial charge in [0.05, 0.1) is 5.56 Å². The van der Waals surface area contributed by atoms with E-state index in [4.69, 9.17) is 4.74 Å². The van der Waals surface area contributed by atoms with Crippen molar-refractivity contribution in [2.45, 2.75) is 13.1 Å². The lowest BCUT2D eigenvalue weighted by Crippen LogP contribution is -2.20. The van der Waals surface area contributed by atoms with Crippen LogP contribution in [-0.4, -0.2) is 12.5 Å². The summed E-state index contributed by atoms with van der Waals surface area (Å²) in [5.41, 5.74) is 0.317. The van der Waals surface area contributed by atoms with Crippen molar-refractivity contribution in [3.63, 3.8) is 0 Å². The highest BCUT2D eigenvalue weighted by Crippen LogP contribution is 2.30. The molecule has 22 heavy (non-hydrogen) atoms. The molecule has 0 aliphatic heterocycles. The van der Waals surface area contributed by atoms with Crippen molar-refractivity contribution < 1.29 is 22.7 Å². The van der Waals surface area contributed by atoms with Gasteiger partial charge < -0.3 is 10.1 Å². The maximum Gasteiger partial charge on any atom is 0.416 e. The second-order valence-corrected chi connectivity index (χ2v) is 4.73. The average molecular weight is 309 g/mol. The molecule has 0 heterocycles. The lowest BCUT2D eigenvalue weighted by Gasteiger charge is -2.10. The van der Waals surface area contributed by atoms with Gasteiger partial charge in [0, 0.05) is 5.69 Å². The number of benzene rings is 2. The molecule has 0 bridgehead atoms. The maximum atomic E-state index is 12.6. The van der Waals surface area contributed by atoms with Crippen molar-refractivity contribution in [3.8, 4) is 5.75 Å². The highest BCUT2D eigenvalue weighted by molar-refractivity contribution is 5.91. The number of anilines is 1. The number of hydrogen-bond acceptors (Lipinski definition) is 2. The molecule has 0 aliphatic rings. The summed E-state index contributed by atoms with van der Waals surface area (Å²) >= 11 is 0. The molecule has 3 nitrogen and oxygen atoms in total. The van der Waals surface area contributed by atoms with Crippen molar-refractivity contribution in [2.75, 3.05) is 11.9 Å². The Bertz CT molecular complexity index is 651. The van der Waals surface area contributed by atoms with Crippen LogP contribution in [0.3, 0.4) is 0 Å². The Hall–Kier alpha value is -2.50. The van der Waals surface area contributed by atoms with Gasteiger partial charge in [0.2, 0.25) is 0 Å². The third kappa shape index (κ3) is 4.51. The van der Waals surface area contributed by atoms with E-state index in [0.717, 1.165) is 17.7 Å². The topological polar surface area (TPSA) is 38.3 Å². The van der Waals surface area contributed by atoms with E-state index in [-0.39, 0.29) is 12.3 Å². The van der Waals surface area contributed by atoms with E-state index < -0.39 is 17.6 Å². The van der Waals surface area contributed by atoms with E-state index in [1.807, 2.05) is 19.1 Å². The Kier molecular flexibility index (Phi) is 4.70. The first kappa shape index (κ1) is 15.9. The van der Waals surface area contributed by atoms with Gasteiger partial charge in [0.1, 0.15) is 5.75 Å². The molecule has 0 saturated carbocycles. The number of carbonyl (C=O) groups excluding carboxylic acids is 1. The van der Waals surface area contributed by atoms with Gasteiger partial charge in [0.25, 0.3) is 5.91 Å². The van der Waals surface area contributed by atoms with E-state index in [1.54, 1.807) is 12.1 Å². The second kappa shape index (κ2) is 6.51. The fraction of sp³-hybridized carbons (Fsp3) is 0.188. The normalized spacial score (nSPS) is 11.1. The first-order valence-corrected chi connectivity index (χ1v) is 6.51. The first-order valence-electron chi connectivity index (χ1n) is 6.51. The zero-order valence-corrected chi connectivity index (χ0v) is 11.8. The van der Waals surface area contributed by atoms with Crippen LogP contribution >= 0.6 is 0 Å². The molecule has 2 aromatic carbocycles. The first-order chi connectivity index (χ1) is 10.3. The van der Waals surface area contributed by atoms with Crippen molar-refractivity contribution in [3.05, 3.63) is 59.7 Å². The summed E-state index contributed by atoms with van der Waals surface area (Å²) in [5, 5.41) is 2.37.